The number of carbonyl (C=O) groups excluding carboxylic acids is 2. The average Bonchev–Trinajstić information content (AvgIpc) is 2.84. The predicted octanol–water partition coefficient (Wildman–Crippen LogP) is 5.77. The van der Waals surface area contributed by atoms with E-state index < -0.39 is 24.3 Å². The second-order valence-corrected chi connectivity index (χ2v) is 8.11. The summed E-state index contributed by atoms with van der Waals surface area (Å²) in [5.74, 6) is -1.97. The van der Waals surface area contributed by atoms with Crippen molar-refractivity contribution in [2.45, 2.75) is 38.6 Å². The van der Waals surface area contributed by atoms with Crippen molar-refractivity contribution in [3.05, 3.63) is 78.1 Å². The van der Waals surface area contributed by atoms with Crippen molar-refractivity contribution in [2.75, 3.05) is 6.54 Å². The van der Waals surface area contributed by atoms with Crippen molar-refractivity contribution in [1.82, 2.24) is 9.88 Å². The number of benzene rings is 2. The number of carbonyl (C=O) groups is 2. The minimum absolute atomic E-state index is 0.0773. The number of ether oxygens (including phenoxy) is 2. The Morgan fingerprint density at radius 2 is 1.83 bits per heavy atom. The molecule has 1 aromatic heterocycles. The van der Waals surface area contributed by atoms with Crippen LogP contribution in [-0.2, 0) is 16.0 Å². The lowest BCUT2D eigenvalue weighted by Crippen LogP contribution is -2.49. The number of hydrogen-bond acceptors (Lipinski definition) is 5. The molecule has 0 saturated carbocycles. The maximum atomic E-state index is 13.0. The third-order valence-corrected chi connectivity index (χ3v) is 5.59. The van der Waals surface area contributed by atoms with Crippen LogP contribution in [0.4, 0.5) is 13.2 Å². The molecular weight excluding hydrogens is 461 g/mol. The minimum Gasteiger partial charge on any atom is -0.456 e. The van der Waals surface area contributed by atoms with Crippen molar-refractivity contribution < 1.29 is 32.2 Å². The molecule has 1 aliphatic rings. The maximum absolute atomic E-state index is 13.0. The van der Waals surface area contributed by atoms with Crippen molar-refractivity contribution >= 4 is 11.9 Å². The largest absolute Gasteiger partial charge is 0.491 e. The highest BCUT2D eigenvalue weighted by molar-refractivity contribution is 5.97. The van der Waals surface area contributed by atoms with Crippen LogP contribution in [0.3, 0.4) is 0 Å². The average molecular weight is 484 g/mol. The zero-order valence-corrected chi connectivity index (χ0v) is 18.9. The van der Waals surface area contributed by atoms with E-state index in [0.29, 0.717) is 29.0 Å². The molecule has 0 bridgehead atoms. The summed E-state index contributed by atoms with van der Waals surface area (Å²) in [4.78, 5) is 29.9. The molecule has 0 aliphatic carbocycles. The fourth-order valence-corrected chi connectivity index (χ4v) is 3.86. The number of amides is 1. The first-order valence-electron chi connectivity index (χ1n) is 11.2. The van der Waals surface area contributed by atoms with Gasteiger partial charge in [0, 0.05) is 30.3 Å². The van der Waals surface area contributed by atoms with Crippen LogP contribution < -0.4 is 4.74 Å². The van der Waals surface area contributed by atoms with Crippen LogP contribution in [0.25, 0.3) is 11.1 Å². The Balaban J connectivity index is 1.58. The van der Waals surface area contributed by atoms with Crippen molar-refractivity contribution in [3.63, 3.8) is 0 Å². The van der Waals surface area contributed by atoms with Crippen LogP contribution >= 0.6 is 0 Å². The Morgan fingerprint density at radius 3 is 2.54 bits per heavy atom. The molecule has 9 heteroatoms. The normalized spacial score (nSPS) is 15.5. The highest BCUT2D eigenvalue weighted by Crippen LogP contribution is 2.32. The van der Waals surface area contributed by atoms with E-state index in [-0.39, 0.29) is 13.0 Å². The van der Waals surface area contributed by atoms with Gasteiger partial charge in [0.1, 0.15) is 11.5 Å². The lowest BCUT2D eigenvalue weighted by molar-refractivity contribution is -0.211. The Bertz CT molecular complexity index is 1210. The van der Waals surface area contributed by atoms with E-state index in [1.54, 1.807) is 24.4 Å². The van der Waals surface area contributed by atoms with Gasteiger partial charge < -0.3 is 14.4 Å². The summed E-state index contributed by atoms with van der Waals surface area (Å²) in [6, 6.07) is 16.2. The van der Waals surface area contributed by atoms with Gasteiger partial charge in [-0.3, -0.25) is 9.78 Å². The van der Waals surface area contributed by atoms with Crippen LogP contribution in [0.5, 0.6) is 11.5 Å². The molecule has 0 fully saturated rings. The van der Waals surface area contributed by atoms with E-state index in [9.17, 15) is 22.8 Å². The van der Waals surface area contributed by atoms with Gasteiger partial charge in [0.25, 0.3) is 5.91 Å². The number of pyridine rings is 1. The molecule has 0 spiro atoms. The summed E-state index contributed by atoms with van der Waals surface area (Å²) in [5, 5.41) is 0. The van der Waals surface area contributed by atoms with E-state index in [1.807, 2.05) is 43.3 Å². The molecule has 6 nitrogen and oxygen atoms in total. The van der Waals surface area contributed by atoms with Gasteiger partial charge in [-0.05, 0) is 41.8 Å². The fraction of sp³-hybridized carbons (Fsp3) is 0.269. The van der Waals surface area contributed by atoms with Crippen LogP contribution in [0.2, 0.25) is 0 Å². The van der Waals surface area contributed by atoms with Gasteiger partial charge in [-0.2, -0.15) is 13.2 Å². The molecule has 35 heavy (non-hydrogen) atoms. The molecule has 0 saturated heterocycles. The number of esters is 1. The summed E-state index contributed by atoms with van der Waals surface area (Å²) in [5.41, 5.74) is 2.58. The van der Waals surface area contributed by atoms with Crippen LogP contribution in [-0.4, -0.2) is 40.7 Å². The van der Waals surface area contributed by atoms with Crippen LogP contribution in [0.15, 0.2) is 67.0 Å². The Morgan fingerprint density at radius 1 is 1.06 bits per heavy atom. The van der Waals surface area contributed by atoms with E-state index in [2.05, 4.69) is 4.98 Å². The lowest BCUT2D eigenvalue weighted by Gasteiger charge is -2.36. The third kappa shape index (κ3) is 5.62. The molecule has 182 valence electrons. The predicted molar refractivity (Wildman–Crippen MR) is 122 cm³/mol. The van der Waals surface area contributed by atoms with Gasteiger partial charge in [-0.1, -0.05) is 43.7 Å². The van der Waals surface area contributed by atoms with Gasteiger partial charge in [-0.25, -0.2) is 4.79 Å². The van der Waals surface area contributed by atoms with Crippen LogP contribution in [0, 0.1) is 0 Å². The van der Waals surface area contributed by atoms with E-state index in [0.717, 1.165) is 17.5 Å². The van der Waals surface area contributed by atoms with Crippen molar-refractivity contribution in [2.24, 2.45) is 0 Å². The quantitative estimate of drug-likeness (QED) is 0.398. The highest BCUT2D eigenvalue weighted by atomic mass is 19.4. The van der Waals surface area contributed by atoms with Gasteiger partial charge in [-0.15, -0.1) is 0 Å². The molecule has 4 rings (SSSR count). The number of fused-ring (bicyclic) bond motifs is 1. The maximum Gasteiger partial charge on any atom is 0.491 e. The molecule has 2 aromatic carbocycles. The van der Waals surface area contributed by atoms with Gasteiger partial charge in [0.2, 0.25) is 0 Å². The summed E-state index contributed by atoms with van der Waals surface area (Å²) < 4.78 is 49.1. The van der Waals surface area contributed by atoms with E-state index in [1.165, 1.54) is 11.1 Å². The number of aromatic nitrogens is 1. The molecule has 1 unspecified atom stereocenters. The second kappa shape index (κ2) is 10.2. The number of rotatable bonds is 7. The molecule has 1 amide bonds. The Labute approximate surface area is 200 Å². The smallest absolute Gasteiger partial charge is 0.456 e. The SMILES string of the molecule is CCCCN1C(=O)c2ccc(Oc3cncc(-c4ccccc4)c3)cc2CC1OC(=O)C(F)(F)F. The molecule has 2 heterocycles. The topological polar surface area (TPSA) is 68.7 Å². The minimum atomic E-state index is -5.15. The summed E-state index contributed by atoms with van der Waals surface area (Å²) in [6.45, 7) is 2.07. The standard InChI is InChI=1S/C26H23F3N2O4/c1-2-3-11-31-23(35-25(33)26(27,28)29)14-18-12-20(9-10-22(18)24(31)32)34-21-13-19(15-30-16-21)17-7-5-4-6-8-17/h4-10,12-13,15-16,23H,2-3,11,14H2,1H3. The number of alkyl halides is 3. The van der Waals surface area contributed by atoms with E-state index in [4.69, 9.17) is 9.47 Å². The molecule has 1 atom stereocenters. The number of nitrogens with zero attached hydrogens (tertiary/aromatic N) is 2. The number of hydrogen-bond donors (Lipinski definition) is 0. The first-order valence-corrected chi connectivity index (χ1v) is 11.2. The molecule has 1 aliphatic heterocycles. The number of halogens is 3. The first kappa shape index (κ1) is 24.3. The summed E-state index contributed by atoms with van der Waals surface area (Å²) in [7, 11) is 0. The van der Waals surface area contributed by atoms with Gasteiger partial charge >= 0.3 is 12.1 Å². The van der Waals surface area contributed by atoms with Crippen molar-refractivity contribution in [1.29, 1.82) is 0 Å². The molecule has 0 N–H and O–H groups in total. The fourth-order valence-electron chi connectivity index (χ4n) is 3.86. The van der Waals surface area contributed by atoms with Crippen molar-refractivity contribution in [3.8, 4) is 22.6 Å². The van der Waals surface area contributed by atoms with Gasteiger partial charge in [0.05, 0.1) is 6.20 Å². The Hall–Kier alpha value is -3.88. The summed E-state index contributed by atoms with van der Waals surface area (Å²) in [6.07, 6.45) is -2.05. The molecule has 3 aromatic rings. The zero-order chi connectivity index (χ0) is 25.0. The van der Waals surface area contributed by atoms with E-state index >= 15 is 0 Å². The monoisotopic (exact) mass is 484 g/mol. The van der Waals surface area contributed by atoms with Crippen LogP contribution in [0.1, 0.15) is 35.7 Å². The lowest BCUT2D eigenvalue weighted by atomic mass is 9.97. The Kier molecular flexibility index (Phi) is 7.04. The van der Waals surface area contributed by atoms with Gasteiger partial charge in [0.15, 0.2) is 6.23 Å². The third-order valence-electron chi connectivity index (χ3n) is 5.59. The summed E-state index contributed by atoms with van der Waals surface area (Å²) >= 11 is 0. The molecular formula is C26H23F3N2O4. The first-order chi connectivity index (χ1) is 16.8. The molecule has 0 radical (unpaired) electrons. The second-order valence-electron chi connectivity index (χ2n) is 8.11. The zero-order valence-electron chi connectivity index (χ0n) is 18.9. The highest BCUT2D eigenvalue weighted by Gasteiger charge is 2.45. The number of unbranched alkanes of at least 4 members (excludes halogenated alkanes) is 1.